The molecule has 2 heterocycles. The maximum absolute atomic E-state index is 5.44. The Bertz CT molecular complexity index is 540. The Morgan fingerprint density at radius 3 is 2.95 bits per heavy atom. The third-order valence-electron chi connectivity index (χ3n) is 4.20. The van der Waals surface area contributed by atoms with Crippen molar-refractivity contribution in [1.82, 2.24) is 10.3 Å². The van der Waals surface area contributed by atoms with Crippen LogP contribution < -0.4 is 5.32 Å². The molecule has 0 spiro atoms. The van der Waals surface area contributed by atoms with Gasteiger partial charge in [-0.15, -0.1) is 0 Å². The number of H-pyrrole nitrogens is 1. The first-order valence-corrected chi connectivity index (χ1v) is 7.10. The standard InChI is InChI=1S/C16H22N2O/c1-16(5-8-19-9-6-16)12-17-11-13-2-3-15-14(10-13)4-7-18-15/h2-4,7,10,17-18H,5-6,8-9,11-12H2,1H3. The molecule has 2 N–H and O–H groups in total. The van der Waals surface area contributed by atoms with E-state index >= 15 is 0 Å². The minimum Gasteiger partial charge on any atom is -0.381 e. The van der Waals surface area contributed by atoms with Crippen molar-refractivity contribution in [3.05, 3.63) is 36.0 Å². The highest BCUT2D eigenvalue weighted by Crippen LogP contribution is 2.28. The number of hydrogen-bond acceptors (Lipinski definition) is 2. The van der Waals surface area contributed by atoms with Gasteiger partial charge in [0, 0.05) is 38.0 Å². The predicted octanol–water partition coefficient (Wildman–Crippen LogP) is 3.07. The summed E-state index contributed by atoms with van der Waals surface area (Å²) < 4.78 is 5.44. The molecule has 1 aliphatic heterocycles. The number of ether oxygens (including phenoxy) is 1. The average Bonchev–Trinajstić information content (AvgIpc) is 2.87. The normalized spacial score (nSPS) is 18.8. The number of benzene rings is 1. The van der Waals surface area contributed by atoms with Crippen LogP contribution in [0.1, 0.15) is 25.3 Å². The van der Waals surface area contributed by atoms with Crippen LogP contribution in [0.25, 0.3) is 10.9 Å². The minimum atomic E-state index is 0.399. The van der Waals surface area contributed by atoms with Crippen molar-refractivity contribution in [2.24, 2.45) is 5.41 Å². The molecule has 1 fully saturated rings. The zero-order valence-electron chi connectivity index (χ0n) is 11.5. The van der Waals surface area contributed by atoms with Crippen molar-refractivity contribution < 1.29 is 4.74 Å². The van der Waals surface area contributed by atoms with Gasteiger partial charge in [-0.1, -0.05) is 13.0 Å². The molecule has 0 saturated carbocycles. The van der Waals surface area contributed by atoms with Gasteiger partial charge in [0.2, 0.25) is 0 Å². The van der Waals surface area contributed by atoms with Crippen LogP contribution >= 0.6 is 0 Å². The van der Waals surface area contributed by atoms with E-state index in [4.69, 9.17) is 4.74 Å². The summed E-state index contributed by atoms with van der Waals surface area (Å²) in [5.41, 5.74) is 2.96. The first kappa shape index (κ1) is 12.7. The summed E-state index contributed by atoms with van der Waals surface area (Å²) in [7, 11) is 0. The van der Waals surface area contributed by atoms with Gasteiger partial charge in [0.05, 0.1) is 0 Å². The lowest BCUT2D eigenvalue weighted by Gasteiger charge is -2.33. The summed E-state index contributed by atoms with van der Waals surface area (Å²) in [6.45, 7) is 6.19. The highest BCUT2D eigenvalue weighted by molar-refractivity contribution is 5.79. The number of rotatable bonds is 4. The predicted molar refractivity (Wildman–Crippen MR) is 78.2 cm³/mol. The van der Waals surface area contributed by atoms with Crippen LogP contribution in [0.2, 0.25) is 0 Å². The number of aromatic nitrogens is 1. The highest BCUT2D eigenvalue weighted by Gasteiger charge is 2.26. The second-order valence-corrected chi connectivity index (χ2v) is 5.93. The van der Waals surface area contributed by atoms with Gasteiger partial charge in [-0.25, -0.2) is 0 Å². The third-order valence-corrected chi connectivity index (χ3v) is 4.20. The summed E-state index contributed by atoms with van der Waals surface area (Å²) in [4.78, 5) is 3.23. The van der Waals surface area contributed by atoms with Crippen LogP contribution in [0.15, 0.2) is 30.5 Å². The first-order chi connectivity index (χ1) is 9.25. The molecule has 0 amide bonds. The third kappa shape index (κ3) is 2.99. The van der Waals surface area contributed by atoms with Crippen LogP contribution in [-0.4, -0.2) is 24.7 Å². The molecule has 1 aromatic carbocycles. The molecule has 3 rings (SSSR count). The zero-order valence-corrected chi connectivity index (χ0v) is 11.5. The molecule has 0 aliphatic carbocycles. The topological polar surface area (TPSA) is 37.0 Å². The van der Waals surface area contributed by atoms with E-state index in [9.17, 15) is 0 Å². The van der Waals surface area contributed by atoms with E-state index < -0.39 is 0 Å². The van der Waals surface area contributed by atoms with Gasteiger partial charge >= 0.3 is 0 Å². The summed E-state index contributed by atoms with van der Waals surface area (Å²) in [6, 6.07) is 8.73. The molecule has 3 nitrogen and oxygen atoms in total. The second kappa shape index (κ2) is 5.35. The fraction of sp³-hybridized carbons (Fsp3) is 0.500. The molecule has 102 valence electrons. The van der Waals surface area contributed by atoms with Crippen LogP contribution in [0, 0.1) is 5.41 Å². The van der Waals surface area contributed by atoms with Crippen molar-refractivity contribution in [3.8, 4) is 0 Å². The van der Waals surface area contributed by atoms with Gasteiger partial charge < -0.3 is 15.0 Å². The monoisotopic (exact) mass is 258 g/mol. The van der Waals surface area contributed by atoms with E-state index in [1.54, 1.807) is 0 Å². The van der Waals surface area contributed by atoms with Crippen LogP contribution in [-0.2, 0) is 11.3 Å². The lowest BCUT2D eigenvalue weighted by atomic mass is 9.82. The van der Waals surface area contributed by atoms with Crippen molar-refractivity contribution in [2.45, 2.75) is 26.3 Å². The van der Waals surface area contributed by atoms with Gasteiger partial charge in [0.15, 0.2) is 0 Å². The summed E-state index contributed by atoms with van der Waals surface area (Å²) in [6.07, 6.45) is 4.32. The van der Waals surface area contributed by atoms with Gasteiger partial charge in [-0.05, 0) is 47.4 Å². The Morgan fingerprint density at radius 1 is 1.26 bits per heavy atom. The molecule has 2 aromatic rings. The molecule has 3 heteroatoms. The van der Waals surface area contributed by atoms with E-state index in [0.29, 0.717) is 5.41 Å². The molecular weight excluding hydrogens is 236 g/mol. The molecule has 0 radical (unpaired) electrons. The van der Waals surface area contributed by atoms with E-state index in [1.807, 2.05) is 6.20 Å². The highest BCUT2D eigenvalue weighted by atomic mass is 16.5. The Labute approximate surface area is 114 Å². The van der Waals surface area contributed by atoms with E-state index in [1.165, 1.54) is 16.5 Å². The lowest BCUT2D eigenvalue weighted by Crippen LogP contribution is -2.36. The first-order valence-electron chi connectivity index (χ1n) is 7.10. The molecule has 1 aromatic heterocycles. The maximum Gasteiger partial charge on any atom is 0.0471 e. The van der Waals surface area contributed by atoms with Gasteiger partial charge in [-0.3, -0.25) is 0 Å². The maximum atomic E-state index is 5.44. The Morgan fingerprint density at radius 2 is 2.11 bits per heavy atom. The SMILES string of the molecule is CC1(CNCc2ccc3[nH]ccc3c2)CCOCC1. The van der Waals surface area contributed by atoms with Crippen molar-refractivity contribution >= 4 is 10.9 Å². The number of aromatic amines is 1. The number of hydrogen-bond donors (Lipinski definition) is 2. The van der Waals surface area contributed by atoms with Gasteiger partial charge in [0.25, 0.3) is 0 Å². The summed E-state index contributed by atoms with van der Waals surface area (Å²) in [5, 5.41) is 4.89. The quantitative estimate of drug-likeness (QED) is 0.884. The van der Waals surface area contributed by atoms with Gasteiger partial charge in [-0.2, -0.15) is 0 Å². The molecule has 0 atom stereocenters. The molecule has 0 unspecified atom stereocenters. The number of fused-ring (bicyclic) bond motifs is 1. The summed E-state index contributed by atoms with van der Waals surface area (Å²) >= 11 is 0. The number of nitrogens with one attached hydrogen (secondary N) is 2. The summed E-state index contributed by atoms with van der Waals surface area (Å²) in [5.74, 6) is 0. The smallest absolute Gasteiger partial charge is 0.0471 e. The van der Waals surface area contributed by atoms with Crippen molar-refractivity contribution in [1.29, 1.82) is 0 Å². The molecule has 19 heavy (non-hydrogen) atoms. The molecule has 1 saturated heterocycles. The van der Waals surface area contributed by atoms with Crippen LogP contribution in [0.3, 0.4) is 0 Å². The van der Waals surface area contributed by atoms with Gasteiger partial charge in [0.1, 0.15) is 0 Å². The average molecular weight is 258 g/mol. The Balaban J connectivity index is 1.56. The fourth-order valence-electron chi connectivity index (χ4n) is 2.76. The second-order valence-electron chi connectivity index (χ2n) is 5.93. The minimum absolute atomic E-state index is 0.399. The van der Waals surface area contributed by atoms with Crippen LogP contribution in [0.4, 0.5) is 0 Å². The fourth-order valence-corrected chi connectivity index (χ4v) is 2.76. The van der Waals surface area contributed by atoms with Crippen molar-refractivity contribution in [2.75, 3.05) is 19.8 Å². The molecular formula is C16H22N2O. The van der Waals surface area contributed by atoms with Crippen molar-refractivity contribution in [3.63, 3.8) is 0 Å². The molecule has 1 aliphatic rings. The largest absolute Gasteiger partial charge is 0.381 e. The Hall–Kier alpha value is -1.32. The van der Waals surface area contributed by atoms with E-state index in [-0.39, 0.29) is 0 Å². The molecule has 0 bridgehead atoms. The Kier molecular flexibility index (Phi) is 3.58. The zero-order chi connectivity index (χ0) is 13.1. The van der Waals surface area contributed by atoms with Crippen LogP contribution in [0.5, 0.6) is 0 Å². The van der Waals surface area contributed by atoms with E-state index in [2.05, 4.69) is 41.5 Å². The van der Waals surface area contributed by atoms with E-state index in [0.717, 1.165) is 39.1 Å². The lowest BCUT2D eigenvalue weighted by molar-refractivity contribution is 0.0240.